The Balaban J connectivity index is 2.12. The number of nitrogens with zero attached hydrogens (tertiary/aromatic N) is 1. The van der Waals surface area contributed by atoms with Crippen LogP contribution in [0.25, 0.3) is 0 Å². The number of hydrogen-bond donors (Lipinski definition) is 5. The van der Waals surface area contributed by atoms with Gasteiger partial charge in [0.15, 0.2) is 6.23 Å². The monoisotopic (exact) mass is 392 g/mol. The standard InChI is InChI=1S/C14H22N2O7P2/c1-9-15-11(17)4-6-16(9)14-13(19)12(18)10(23-14)5-7-25(21,22)8-24(2,3)20/h4-7,10,12-14,18-20H,1-2,8H2,3H3,(H,15,17)(H,21,22)/b7-5+/t10-,12?,13+,14-,24?/m1/s1. The minimum atomic E-state index is -3.80. The third-order valence-corrected chi connectivity index (χ3v) is 8.23. The normalized spacial score (nSPS) is 34.8. The molecular weight excluding hydrogens is 370 g/mol. The second-order valence-corrected chi connectivity index (χ2v) is 11.8. The van der Waals surface area contributed by atoms with E-state index < -0.39 is 39.0 Å². The summed E-state index contributed by atoms with van der Waals surface area (Å²) in [6.07, 6.45) is 2.45. The van der Waals surface area contributed by atoms with Gasteiger partial charge in [0.2, 0.25) is 7.37 Å². The number of ether oxygens (including phenoxy) is 1. The highest BCUT2D eigenvalue weighted by molar-refractivity contribution is 7.81. The Bertz CT molecular complexity index is 714. The molecule has 2 heterocycles. The molecule has 1 saturated heterocycles. The molecule has 0 aromatic heterocycles. The van der Waals surface area contributed by atoms with Gasteiger partial charge in [-0.3, -0.25) is 9.36 Å². The number of carbonyl (C=O) groups excluding carboxylic acids is 1. The second kappa shape index (κ2) is 7.21. The Hall–Kier alpha value is -1.18. The molecule has 11 heteroatoms. The minimum absolute atomic E-state index is 0.166. The van der Waals surface area contributed by atoms with Gasteiger partial charge in [-0.2, -0.15) is 0 Å². The predicted octanol–water partition coefficient (Wildman–Crippen LogP) is -0.422. The van der Waals surface area contributed by atoms with E-state index in [1.165, 1.54) is 29.9 Å². The van der Waals surface area contributed by atoms with Crippen LogP contribution in [-0.4, -0.2) is 74.2 Å². The lowest BCUT2D eigenvalue weighted by Gasteiger charge is -2.32. The van der Waals surface area contributed by atoms with Crippen LogP contribution in [0.4, 0.5) is 0 Å². The van der Waals surface area contributed by atoms with Crippen LogP contribution >= 0.6 is 14.5 Å². The molecule has 0 bridgehead atoms. The van der Waals surface area contributed by atoms with Gasteiger partial charge in [0, 0.05) is 19.4 Å². The molecule has 0 aromatic rings. The van der Waals surface area contributed by atoms with Gasteiger partial charge in [0.05, 0.1) is 5.90 Å². The Morgan fingerprint density at radius 3 is 2.60 bits per heavy atom. The third-order valence-electron chi connectivity index (χ3n) is 3.53. The zero-order valence-corrected chi connectivity index (χ0v) is 15.4. The second-order valence-electron chi connectivity index (χ2n) is 6.21. The van der Waals surface area contributed by atoms with E-state index in [0.29, 0.717) is 0 Å². The lowest BCUT2D eigenvalue weighted by molar-refractivity contribution is -0.118. The van der Waals surface area contributed by atoms with E-state index in [2.05, 4.69) is 18.2 Å². The zero-order valence-electron chi connectivity index (χ0n) is 13.6. The molecule has 1 fully saturated rings. The summed E-state index contributed by atoms with van der Waals surface area (Å²) in [6.45, 7) is 5.05. The molecule has 5 N–H and O–H groups in total. The first kappa shape index (κ1) is 20.1. The summed E-state index contributed by atoms with van der Waals surface area (Å²) in [5.41, 5.74) is 0. The van der Waals surface area contributed by atoms with E-state index in [-0.39, 0.29) is 17.6 Å². The topological polar surface area (TPSA) is 140 Å². The van der Waals surface area contributed by atoms with Gasteiger partial charge in [0.1, 0.15) is 24.1 Å². The highest BCUT2D eigenvalue weighted by Crippen LogP contribution is 2.55. The molecule has 2 aliphatic rings. The van der Waals surface area contributed by atoms with E-state index in [1.54, 1.807) is 0 Å². The molecule has 140 valence electrons. The van der Waals surface area contributed by atoms with Crippen LogP contribution < -0.4 is 5.32 Å². The maximum absolute atomic E-state index is 12.1. The summed E-state index contributed by atoms with van der Waals surface area (Å²) in [7, 11) is -6.51. The molecule has 0 saturated carbocycles. The Kier molecular flexibility index (Phi) is 5.81. The number of aliphatic hydroxyl groups excluding tert-OH is 2. The van der Waals surface area contributed by atoms with Gasteiger partial charge < -0.3 is 35.0 Å². The molecule has 3 unspecified atom stereocenters. The van der Waals surface area contributed by atoms with Crippen molar-refractivity contribution in [3.05, 3.63) is 36.6 Å². The number of rotatable bonds is 5. The summed E-state index contributed by atoms with van der Waals surface area (Å²) in [6, 6.07) is 0. The number of aliphatic hydroxyl groups is 2. The zero-order chi connectivity index (χ0) is 19.0. The fraction of sp³-hybridized carbons (Fsp3) is 0.429. The van der Waals surface area contributed by atoms with Gasteiger partial charge in [0.25, 0.3) is 5.91 Å². The minimum Gasteiger partial charge on any atom is -0.387 e. The Morgan fingerprint density at radius 1 is 1.40 bits per heavy atom. The molecule has 9 nitrogen and oxygen atoms in total. The maximum atomic E-state index is 12.1. The first-order valence-electron chi connectivity index (χ1n) is 7.31. The lowest BCUT2D eigenvalue weighted by Crippen LogP contribution is -2.46. The van der Waals surface area contributed by atoms with Gasteiger partial charge in [-0.05, 0) is 18.6 Å². The molecule has 0 aromatic carbocycles. The highest BCUT2D eigenvalue weighted by Gasteiger charge is 2.45. The first-order chi connectivity index (χ1) is 11.4. The highest BCUT2D eigenvalue weighted by atomic mass is 31.2. The van der Waals surface area contributed by atoms with Gasteiger partial charge in [-0.1, -0.05) is 12.9 Å². The fourth-order valence-corrected chi connectivity index (χ4v) is 6.81. The van der Waals surface area contributed by atoms with E-state index in [0.717, 1.165) is 5.82 Å². The van der Waals surface area contributed by atoms with Crippen molar-refractivity contribution in [2.45, 2.75) is 24.5 Å². The van der Waals surface area contributed by atoms with Crippen LogP contribution in [0.3, 0.4) is 0 Å². The molecular formula is C14H22N2O7P2. The van der Waals surface area contributed by atoms with Crippen molar-refractivity contribution >= 4 is 26.7 Å². The third kappa shape index (κ3) is 5.15. The first-order valence-corrected chi connectivity index (χ1v) is 11.8. The molecule has 0 aliphatic carbocycles. The van der Waals surface area contributed by atoms with Gasteiger partial charge in [-0.25, -0.2) is 0 Å². The van der Waals surface area contributed by atoms with Crippen LogP contribution in [-0.2, 0) is 14.1 Å². The molecule has 2 rings (SSSR count). The summed E-state index contributed by atoms with van der Waals surface area (Å²) >= 11 is 0. The predicted molar refractivity (Wildman–Crippen MR) is 95.0 cm³/mol. The molecule has 25 heavy (non-hydrogen) atoms. The van der Waals surface area contributed by atoms with Crippen molar-refractivity contribution in [3.8, 4) is 0 Å². The Morgan fingerprint density at radius 2 is 2.04 bits per heavy atom. The van der Waals surface area contributed by atoms with Gasteiger partial charge >= 0.3 is 0 Å². The largest absolute Gasteiger partial charge is 0.387 e. The molecule has 1 amide bonds. The number of amides is 1. The van der Waals surface area contributed by atoms with Crippen molar-refractivity contribution in [2.75, 3.05) is 12.6 Å². The SMILES string of the molecule is C=C1NC(=O)C=CN1[C@@H]1O[C@H](/C=C/P(=O)(O)CP(=C)(C)O)C(O)[C@@H]1O. The van der Waals surface area contributed by atoms with Crippen LogP contribution in [0.2, 0.25) is 0 Å². The lowest BCUT2D eigenvalue weighted by atomic mass is 10.1. The van der Waals surface area contributed by atoms with Crippen molar-refractivity contribution < 1.29 is 34.1 Å². The summed E-state index contributed by atoms with van der Waals surface area (Å²) in [5.74, 6) is 0.399. The fourth-order valence-electron chi connectivity index (χ4n) is 2.50. The summed E-state index contributed by atoms with van der Waals surface area (Å²) in [4.78, 5) is 32.1. The smallest absolute Gasteiger partial charge is 0.250 e. The Labute approximate surface area is 145 Å². The maximum Gasteiger partial charge on any atom is 0.250 e. The van der Waals surface area contributed by atoms with E-state index in [9.17, 15) is 29.4 Å². The average Bonchev–Trinajstić information content (AvgIpc) is 2.71. The number of hydrogen-bond acceptors (Lipinski definition) is 7. The van der Waals surface area contributed by atoms with Crippen LogP contribution in [0.15, 0.2) is 36.6 Å². The van der Waals surface area contributed by atoms with E-state index in [4.69, 9.17) is 4.74 Å². The van der Waals surface area contributed by atoms with E-state index >= 15 is 0 Å². The van der Waals surface area contributed by atoms with Crippen molar-refractivity contribution in [1.29, 1.82) is 0 Å². The van der Waals surface area contributed by atoms with Crippen molar-refractivity contribution in [1.82, 2.24) is 10.2 Å². The van der Waals surface area contributed by atoms with E-state index in [1.807, 2.05) is 0 Å². The number of carbonyl (C=O) groups is 1. The average molecular weight is 392 g/mol. The van der Waals surface area contributed by atoms with Gasteiger partial charge in [-0.15, -0.1) is 0 Å². The molecule has 2 aliphatic heterocycles. The van der Waals surface area contributed by atoms with Crippen LogP contribution in [0.5, 0.6) is 0 Å². The summed E-state index contributed by atoms with van der Waals surface area (Å²) < 4.78 is 17.6. The molecule has 6 atom stereocenters. The van der Waals surface area contributed by atoms with Crippen molar-refractivity contribution in [2.24, 2.45) is 0 Å². The van der Waals surface area contributed by atoms with Crippen LogP contribution in [0.1, 0.15) is 0 Å². The molecule has 0 radical (unpaired) electrons. The quantitative estimate of drug-likeness (QED) is 0.398. The molecule has 0 spiro atoms. The number of nitrogens with one attached hydrogen (secondary N) is 1. The van der Waals surface area contributed by atoms with Crippen molar-refractivity contribution in [3.63, 3.8) is 0 Å². The van der Waals surface area contributed by atoms with Crippen LogP contribution in [0, 0.1) is 0 Å². The summed E-state index contributed by atoms with van der Waals surface area (Å²) in [5, 5.41) is 22.7.